The molecule has 0 aromatic heterocycles. The molecule has 1 fully saturated rings. The van der Waals surface area contributed by atoms with Gasteiger partial charge in [-0.25, -0.2) is 0 Å². The topological polar surface area (TPSA) is 9.23 Å². The maximum Gasteiger partial charge on any atom is 0.122 e. The SMILES string of the molecule is CCC1(c2ccc(C)c(OC)c2)CC1. The van der Waals surface area contributed by atoms with Gasteiger partial charge in [-0.05, 0) is 48.8 Å². The largest absolute Gasteiger partial charge is 0.496 e. The molecular weight excluding hydrogens is 172 g/mol. The second kappa shape index (κ2) is 3.30. The highest BCUT2D eigenvalue weighted by molar-refractivity contribution is 5.42. The summed E-state index contributed by atoms with van der Waals surface area (Å²) in [6.45, 7) is 4.37. The molecule has 0 radical (unpaired) electrons. The molecule has 0 heterocycles. The minimum absolute atomic E-state index is 0.487. The van der Waals surface area contributed by atoms with Gasteiger partial charge in [-0.1, -0.05) is 19.1 Å². The first-order valence-electron chi connectivity index (χ1n) is 5.37. The summed E-state index contributed by atoms with van der Waals surface area (Å²) in [6.07, 6.45) is 3.94. The van der Waals surface area contributed by atoms with Gasteiger partial charge in [-0.15, -0.1) is 0 Å². The van der Waals surface area contributed by atoms with E-state index in [0.29, 0.717) is 5.41 Å². The molecule has 2 rings (SSSR count). The van der Waals surface area contributed by atoms with E-state index in [1.165, 1.54) is 30.4 Å². The fourth-order valence-corrected chi connectivity index (χ4v) is 2.15. The lowest BCUT2D eigenvalue weighted by Gasteiger charge is -2.15. The van der Waals surface area contributed by atoms with E-state index in [4.69, 9.17) is 4.74 Å². The van der Waals surface area contributed by atoms with Gasteiger partial charge in [0.05, 0.1) is 7.11 Å². The van der Waals surface area contributed by atoms with E-state index in [0.717, 1.165) is 5.75 Å². The first kappa shape index (κ1) is 9.57. The smallest absolute Gasteiger partial charge is 0.122 e. The van der Waals surface area contributed by atoms with Crippen molar-refractivity contribution in [2.75, 3.05) is 7.11 Å². The van der Waals surface area contributed by atoms with Gasteiger partial charge in [0.1, 0.15) is 5.75 Å². The van der Waals surface area contributed by atoms with Gasteiger partial charge in [-0.3, -0.25) is 0 Å². The Hall–Kier alpha value is -0.980. The van der Waals surface area contributed by atoms with Crippen LogP contribution in [0.2, 0.25) is 0 Å². The van der Waals surface area contributed by atoms with Gasteiger partial charge < -0.3 is 4.74 Å². The molecule has 76 valence electrons. The number of rotatable bonds is 3. The van der Waals surface area contributed by atoms with E-state index < -0.39 is 0 Å². The lowest BCUT2D eigenvalue weighted by molar-refractivity contribution is 0.410. The van der Waals surface area contributed by atoms with Crippen molar-refractivity contribution in [3.05, 3.63) is 29.3 Å². The summed E-state index contributed by atoms with van der Waals surface area (Å²) in [5.74, 6) is 1.03. The first-order valence-corrected chi connectivity index (χ1v) is 5.37. The Labute approximate surface area is 86.1 Å². The molecule has 0 amide bonds. The standard InChI is InChI=1S/C13H18O/c1-4-13(7-8-13)11-6-5-10(2)12(9-11)14-3/h5-6,9H,4,7-8H2,1-3H3. The van der Waals surface area contributed by atoms with Crippen molar-refractivity contribution in [2.24, 2.45) is 0 Å². The molecule has 1 aromatic rings. The predicted octanol–water partition coefficient (Wildman–Crippen LogP) is 3.45. The summed E-state index contributed by atoms with van der Waals surface area (Å²) < 4.78 is 5.35. The highest BCUT2D eigenvalue weighted by Gasteiger charge is 2.42. The van der Waals surface area contributed by atoms with Crippen LogP contribution in [0.5, 0.6) is 5.75 Å². The number of hydrogen-bond donors (Lipinski definition) is 0. The van der Waals surface area contributed by atoms with E-state index >= 15 is 0 Å². The van der Waals surface area contributed by atoms with Crippen molar-refractivity contribution >= 4 is 0 Å². The molecule has 1 nitrogen and oxygen atoms in total. The van der Waals surface area contributed by atoms with Crippen molar-refractivity contribution in [2.45, 2.75) is 38.5 Å². The zero-order valence-electron chi connectivity index (χ0n) is 9.26. The Morgan fingerprint density at radius 2 is 2.07 bits per heavy atom. The minimum atomic E-state index is 0.487. The van der Waals surface area contributed by atoms with E-state index in [1.54, 1.807) is 7.11 Å². The molecule has 0 spiro atoms. The number of aryl methyl sites for hydroxylation is 1. The molecule has 0 unspecified atom stereocenters. The minimum Gasteiger partial charge on any atom is -0.496 e. The highest BCUT2D eigenvalue weighted by atomic mass is 16.5. The summed E-state index contributed by atoms with van der Waals surface area (Å²) in [7, 11) is 1.75. The van der Waals surface area contributed by atoms with Crippen molar-refractivity contribution < 1.29 is 4.74 Å². The van der Waals surface area contributed by atoms with Crippen LogP contribution in [0.4, 0.5) is 0 Å². The Morgan fingerprint density at radius 1 is 1.36 bits per heavy atom. The van der Waals surface area contributed by atoms with Gasteiger partial charge in [0.15, 0.2) is 0 Å². The molecule has 1 heteroatoms. The van der Waals surface area contributed by atoms with Crippen molar-refractivity contribution in [3.8, 4) is 5.75 Å². The molecule has 1 aliphatic carbocycles. The van der Waals surface area contributed by atoms with Gasteiger partial charge in [0.25, 0.3) is 0 Å². The first-order chi connectivity index (χ1) is 6.72. The molecule has 1 aromatic carbocycles. The second-order valence-corrected chi connectivity index (χ2v) is 4.32. The van der Waals surface area contributed by atoms with Crippen molar-refractivity contribution in [1.82, 2.24) is 0 Å². The lowest BCUT2D eigenvalue weighted by Crippen LogP contribution is -2.04. The number of ether oxygens (including phenoxy) is 1. The fraction of sp³-hybridized carbons (Fsp3) is 0.538. The van der Waals surface area contributed by atoms with Crippen LogP contribution in [0.15, 0.2) is 18.2 Å². The van der Waals surface area contributed by atoms with Crippen LogP contribution in [0.1, 0.15) is 37.3 Å². The van der Waals surface area contributed by atoms with Crippen molar-refractivity contribution in [3.63, 3.8) is 0 Å². The summed E-state index contributed by atoms with van der Waals surface area (Å²) in [5.41, 5.74) is 3.17. The van der Waals surface area contributed by atoms with Crippen LogP contribution < -0.4 is 4.74 Å². The van der Waals surface area contributed by atoms with Crippen LogP contribution in [0.25, 0.3) is 0 Å². The fourth-order valence-electron chi connectivity index (χ4n) is 2.15. The summed E-state index contributed by atoms with van der Waals surface area (Å²) >= 11 is 0. The average molecular weight is 190 g/mol. The monoisotopic (exact) mass is 190 g/mol. The summed E-state index contributed by atoms with van der Waals surface area (Å²) in [6, 6.07) is 6.64. The molecular formula is C13H18O. The van der Waals surface area contributed by atoms with Gasteiger partial charge >= 0.3 is 0 Å². The van der Waals surface area contributed by atoms with E-state index in [9.17, 15) is 0 Å². The number of benzene rings is 1. The van der Waals surface area contributed by atoms with E-state index in [2.05, 4.69) is 32.0 Å². The molecule has 0 N–H and O–H groups in total. The van der Waals surface area contributed by atoms with Gasteiger partial charge in [0.2, 0.25) is 0 Å². The highest BCUT2D eigenvalue weighted by Crippen LogP contribution is 2.51. The molecule has 0 bridgehead atoms. The van der Waals surface area contributed by atoms with Crippen LogP contribution in [-0.2, 0) is 5.41 Å². The average Bonchev–Trinajstić information content (AvgIpc) is 2.99. The molecule has 0 saturated heterocycles. The van der Waals surface area contributed by atoms with Crippen LogP contribution in [0, 0.1) is 6.92 Å². The molecule has 0 aliphatic heterocycles. The Bertz CT molecular complexity index is 337. The molecule has 1 saturated carbocycles. The van der Waals surface area contributed by atoms with E-state index in [1.807, 2.05) is 0 Å². The van der Waals surface area contributed by atoms with Crippen LogP contribution >= 0.6 is 0 Å². The third-order valence-electron chi connectivity index (χ3n) is 3.55. The quantitative estimate of drug-likeness (QED) is 0.709. The molecule has 1 aliphatic rings. The van der Waals surface area contributed by atoms with Gasteiger partial charge in [-0.2, -0.15) is 0 Å². The molecule has 14 heavy (non-hydrogen) atoms. The summed E-state index contributed by atoms with van der Waals surface area (Å²) in [5, 5.41) is 0. The third-order valence-corrected chi connectivity index (χ3v) is 3.55. The Kier molecular flexibility index (Phi) is 2.26. The third kappa shape index (κ3) is 1.41. The Balaban J connectivity index is 2.36. The number of hydrogen-bond acceptors (Lipinski definition) is 1. The number of methoxy groups -OCH3 is 1. The molecule has 0 atom stereocenters. The lowest BCUT2D eigenvalue weighted by atomic mass is 9.92. The van der Waals surface area contributed by atoms with Crippen molar-refractivity contribution in [1.29, 1.82) is 0 Å². The van der Waals surface area contributed by atoms with Gasteiger partial charge in [0, 0.05) is 0 Å². The zero-order valence-corrected chi connectivity index (χ0v) is 9.26. The normalized spacial score (nSPS) is 17.9. The maximum absolute atomic E-state index is 5.35. The maximum atomic E-state index is 5.35. The second-order valence-electron chi connectivity index (χ2n) is 4.32. The van der Waals surface area contributed by atoms with Crippen LogP contribution in [0.3, 0.4) is 0 Å². The zero-order chi connectivity index (χ0) is 10.2. The Morgan fingerprint density at radius 3 is 2.57 bits per heavy atom. The summed E-state index contributed by atoms with van der Waals surface area (Å²) in [4.78, 5) is 0. The predicted molar refractivity (Wildman–Crippen MR) is 58.9 cm³/mol. The van der Waals surface area contributed by atoms with Crippen LogP contribution in [-0.4, -0.2) is 7.11 Å². The van der Waals surface area contributed by atoms with E-state index in [-0.39, 0.29) is 0 Å².